The van der Waals surface area contributed by atoms with E-state index < -0.39 is 11.5 Å². The highest BCUT2D eigenvalue weighted by Crippen LogP contribution is 2.31. The van der Waals surface area contributed by atoms with E-state index in [0.717, 1.165) is 11.9 Å². The molecule has 1 aliphatic carbocycles. The highest BCUT2D eigenvalue weighted by atomic mass is 16.5. The lowest BCUT2D eigenvalue weighted by molar-refractivity contribution is -0.107. The molecule has 2 aromatic rings. The Morgan fingerprint density at radius 1 is 1.26 bits per heavy atom. The van der Waals surface area contributed by atoms with Crippen LogP contribution in [-0.2, 0) is 4.79 Å². The lowest BCUT2D eigenvalue weighted by Crippen LogP contribution is -2.21. The molecule has 1 aromatic carbocycles. The van der Waals surface area contributed by atoms with Crippen molar-refractivity contribution >= 4 is 23.0 Å². The van der Waals surface area contributed by atoms with E-state index in [1.165, 1.54) is 20.3 Å². The minimum absolute atomic E-state index is 0.00893. The zero-order valence-electron chi connectivity index (χ0n) is 15.2. The standard InChI is InChI=1S/C21H20O6/c1-25-15-10-18(26-2)16-12-17(21(24)27-19(16)11-15)20(23)14-7-5-13(6-8-14)4-3-9-22/h5-7,9-12,14H,3-4,8H2,1-2H3. The highest BCUT2D eigenvalue weighted by molar-refractivity contribution is 6.01. The predicted molar refractivity (Wildman–Crippen MR) is 101 cm³/mol. The zero-order valence-corrected chi connectivity index (χ0v) is 15.2. The maximum atomic E-state index is 12.8. The molecule has 0 aliphatic heterocycles. The SMILES string of the molecule is COc1cc(OC)c2cc(C(=O)C3C=CC(CCC=O)=CC3)c(=O)oc2c1. The predicted octanol–water partition coefficient (Wildman–Crippen LogP) is 3.47. The van der Waals surface area contributed by atoms with Crippen molar-refractivity contribution in [2.24, 2.45) is 5.92 Å². The van der Waals surface area contributed by atoms with Gasteiger partial charge in [0.15, 0.2) is 5.78 Å². The van der Waals surface area contributed by atoms with Gasteiger partial charge in [-0.2, -0.15) is 0 Å². The molecule has 1 aromatic heterocycles. The van der Waals surface area contributed by atoms with Crippen molar-refractivity contribution in [2.45, 2.75) is 19.3 Å². The molecule has 0 amide bonds. The molecule has 140 valence electrons. The molecule has 1 unspecified atom stereocenters. The Hall–Kier alpha value is -3.15. The number of rotatable bonds is 7. The second-order valence-corrected chi connectivity index (χ2v) is 6.24. The lowest BCUT2D eigenvalue weighted by atomic mass is 9.89. The third kappa shape index (κ3) is 3.84. The van der Waals surface area contributed by atoms with E-state index in [9.17, 15) is 14.4 Å². The average molecular weight is 368 g/mol. The molecule has 0 saturated heterocycles. The minimum atomic E-state index is -0.688. The Morgan fingerprint density at radius 3 is 2.70 bits per heavy atom. The van der Waals surface area contributed by atoms with Crippen LogP contribution in [0.15, 0.2) is 51.2 Å². The van der Waals surface area contributed by atoms with E-state index in [2.05, 4.69) is 0 Å². The van der Waals surface area contributed by atoms with Gasteiger partial charge < -0.3 is 18.7 Å². The monoisotopic (exact) mass is 368 g/mol. The van der Waals surface area contributed by atoms with Crippen molar-refractivity contribution in [3.05, 3.63) is 58.0 Å². The summed E-state index contributed by atoms with van der Waals surface area (Å²) in [5, 5.41) is 0.531. The van der Waals surface area contributed by atoms with Crippen molar-refractivity contribution < 1.29 is 23.5 Å². The summed E-state index contributed by atoms with van der Waals surface area (Å²) in [5.74, 6) is 0.210. The summed E-state index contributed by atoms with van der Waals surface area (Å²) in [6.07, 6.45) is 8.00. The van der Waals surface area contributed by atoms with E-state index in [1.807, 2.05) is 12.2 Å². The van der Waals surface area contributed by atoms with Crippen molar-refractivity contribution in [3.63, 3.8) is 0 Å². The number of ether oxygens (including phenoxy) is 2. The summed E-state index contributed by atoms with van der Waals surface area (Å²) >= 11 is 0. The van der Waals surface area contributed by atoms with Crippen molar-refractivity contribution in [1.29, 1.82) is 0 Å². The molecular formula is C21H20O6. The van der Waals surface area contributed by atoms with Crippen molar-refractivity contribution in [2.75, 3.05) is 14.2 Å². The van der Waals surface area contributed by atoms with Crippen molar-refractivity contribution in [1.82, 2.24) is 0 Å². The van der Waals surface area contributed by atoms with E-state index in [0.29, 0.717) is 41.7 Å². The fourth-order valence-electron chi connectivity index (χ4n) is 3.09. The van der Waals surface area contributed by atoms with Gasteiger partial charge in [0, 0.05) is 24.5 Å². The fraction of sp³-hybridized carbons (Fsp3) is 0.286. The number of methoxy groups -OCH3 is 2. The third-order valence-corrected chi connectivity index (χ3v) is 4.57. The maximum absolute atomic E-state index is 12.8. The second kappa shape index (κ2) is 8.03. The summed E-state index contributed by atoms with van der Waals surface area (Å²) < 4.78 is 15.9. The molecule has 0 saturated carbocycles. The number of fused-ring (bicyclic) bond motifs is 1. The molecule has 0 fully saturated rings. The summed E-state index contributed by atoms with van der Waals surface area (Å²) in [6.45, 7) is 0. The van der Waals surface area contributed by atoms with Crippen LogP contribution in [0.25, 0.3) is 11.0 Å². The Kier molecular flexibility index (Phi) is 5.54. The summed E-state index contributed by atoms with van der Waals surface area (Å²) in [7, 11) is 3.00. The molecular weight excluding hydrogens is 348 g/mol. The van der Waals surface area contributed by atoms with Gasteiger partial charge >= 0.3 is 5.63 Å². The molecule has 1 atom stereocenters. The summed E-state index contributed by atoms with van der Waals surface area (Å²) in [5.41, 5.74) is 0.616. The van der Waals surface area contributed by atoms with Gasteiger partial charge in [-0.25, -0.2) is 4.79 Å². The van der Waals surface area contributed by atoms with Gasteiger partial charge in [-0.3, -0.25) is 4.79 Å². The molecule has 0 N–H and O–H groups in total. The van der Waals surface area contributed by atoms with Gasteiger partial charge in [-0.1, -0.05) is 23.8 Å². The molecule has 0 bridgehead atoms. The largest absolute Gasteiger partial charge is 0.496 e. The molecule has 1 heterocycles. The highest BCUT2D eigenvalue weighted by Gasteiger charge is 2.24. The van der Waals surface area contributed by atoms with E-state index in [4.69, 9.17) is 13.9 Å². The number of Topliss-reactive ketones (excluding diaryl/α,β-unsaturated/α-hetero) is 1. The first-order chi connectivity index (χ1) is 13.1. The van der Waals surface area contributed by atoms with Crippen LogP contribution in [0, 0.1) is 5.92 Å². The normalized spacial score (nSPS) is 16.1. The molecule has 0 radical (unpaired) electrons. The van der Waals surface area contributed by atoms with E-state index in [1.54, 1.807) is 18.2 Å². The number of aldehydes is 1. The molecule has 6 heteroatoms. The molecule has 27 heavy (non-hydrogen) atoms. The summed E-state index contributed by atoms with van der Waals surface area (Å²) in [6, 6.07) is 4.76. The van der Waals surface area contributed by atoms with Crippen molar-refractivity contribution in [3.8, 4) is 11.5 Å². The first kappa shape index (κ1) is 18.6. The van der Waals surface area contributed by atoms with Gasteiger partial charge in [0.05, 0.1) is 19.6 Å². The number of hydrogen-bond acceptors (Lipinski definition) is 6. The van der Waals surface area contributed by atoms with Crippen LogP contribution in [-0.4, -0.2) is 26.3 Å². The van der Waals surface area contributed by atoms with Gasteiger partial charge in [0.25, 0.3) is 0 Å². The van der Waals surface area contributed by atoms with E-state index >= 15 is 0 Å². The number of ketones is 1. The maximum Gasteiger partial charge on any atom is 0.347 e. The number of allylic oxidation sites excluding steroid dienone is 4. The van der Waals surface area contributed by atoms with Gasteiger partial charge in [0.2, 0.25) is 0 Å². The fourth-order valence-corrected chi connectivity index (χ4v) is 3.09. The van der Waals surface area contributed by atoms with Gasteiger partial charge in [-0.15, -0.1) is 0 Å². The first-order valence-electron chi connectivity index (χ1n) is 8.62. The first-order valence-corrected chi connectivity index (χ1v) is 8.62. The third-order valence-electron chi connectivity index (χ3n) is 4.57. The Labute approximate surface area is 156 Å². The Morgan fingerprint density at radius 2 is 2.07 bits per heavy atom. The number of carbonyl (C=O) groups is 2. The Balaban J connectivity index is 1.93. The molecule has 1 aliphatic rings. The van der Waals surface area contributed by atoms with Crippen LogP contribution in [0.1, 0.15) is 29.6 Å². The quantitative estimate of drug-likeness (QED) is 0.423. The smallest absolute Gasteiger partial charge is 0.347 e. The van der Waals surface area contributed by atoms with E-state index in [-0.39, 0.29) is 11.3 Å². The average Bonchev–Trinajstić information content (AvgIpc) is 2.70. The summed E-state index contributed by atoms with van der Waals surface area (Å²) in [4.78, 5) is 35.7. The van der Waals surface area contributed by atoms with Crippen LogP contribution in [0.3, 0.4) is 0 Å². The Bertz CT molecular complexity index is 996. The van der Waals surface area contributed by atoms with Crippen LogP contribution < -0.4 is 15.1 Å². The lowest BCUT2D eigenvalue weighted by Gasteiger charge is -2.15. The van der Waals surface area contributed by atoms with Crippen LogP contribution in [0.2, 0.25) is 0 Å². The molecule has 3 rings (SSSR count). The van der Waals surface area contributed by atoms with Gasteiger partial charge in [0.1, 0.15) is 28.9 Å². The van der Waals surface area contributed by atoms with Crippen LogP contribution >= 0.6 is 0 Å². The zero-order chi connectivity index (χ0) is 19.4. The van der Waals surface area contributed by atoms with Crippen LogP contribution in [0.5, 0.6) is 11.5 Å². The van der Waals surface area contributed by atoms with Gasteiger partial charge in [-0.05, 0) is 18.9 Å². The topological polar surface area (TPSA) is 82.8 Å². The molecule has 6 nitrogen and oxygen atoms in total. The number of hydrogen-bond donors (Lipinski definition) is 0. The van der Waals surface area contributed by atoms with Crippen LogP contribution in [0.4, 0.5) is 0 Å². The molecule has 0 spiro atoms. The number of carbonyl (C=O) groups excluding carboxylic acids is 2. The minimum Gasteiger partial charge on any atom is -0.496 e. The number of benzene rings is 1. The second-order valence-electron chi connectivity index (χ2n) is 6.24.